The molecule has 1 aromatic heterocycles. The normalized spacial score (nSPS) is 21.2. The summed E-state index contributed by atoms with van der Waals surface area (Å²) in [6.07, 6.45) is 1.89. The minimum absolute atomic E-state index is 0.611. The summed E-state index contributed by atoms with van der Waals surface area (Å²) in [6, 6.07) is 4.85. The number of thioether (sulfide) groups is 2. The first kappa shape index (κ1) is 15.5. The molecule has 2 fully saturated rings. The number of morpholine rings is 1. The Bertz CT molecular complexity index is 433. The van der Waals surface area contributed by atoms with E-state index >= 15 is 0 Å². The zero-order valence-corrected chi connectivity index (χ0v) is 13.9. The lowest BCUT2D eigenvalue weighted by molar-refractivity contribution is 0.122. The van der Waals surface area contributed by atoms with Crippen molar-refractivity contribution in [2.75, 3.05) is 54.2 Å². The Labute approximate surface area is 135 Å². The molecule has 2 saturated heterocycles. The van der Waals surface area contributed by atoms with Crippen LogP contribution in [0.25, 0.3) is 0 Å². The average molecular weight is 326 g/mol. The quantitative estimate of drug-likeness (QED) is 0.911. The van der Waals surface area contributed by atoms with Crippen LogP contribution < -0.4 is 10.2 Å². The average Bonchev–Trinajstić information content (AvgIpc) is 2.83. The van der Waals surface area contributed by atoms with Crippen molar-refractivity contribution < 1.29 is 4.74 Å². The molecule has 3 heterocycles. The van der Waals surface area contributed by atoms with Gasteiger partial charge < -0.3 is 15.0 Å². The van der Waals surface area contributed by atoms with Crippen LogP contribution in [-0.4, -0.2) is 60.3 Å². The highest BCUT2D eigenvalue weighted by Gasteiger charge is 2.17. The van der Waals surface area contributed by atoms with E-state index in [4.69, 9.17) is 4.74 Å². The van der Waals surface area contributed by atoms with Crippen LogP contribution >= 0.6 is 23.5 Å². The van der Waals surface area contributed by atoms with Gasteiger partial charge in [-0.1, -0.05) is 6.07 Å². The third kappa shape index (κ3) is 4.52. The molecule has 0 aliphatic carbocycles. The van der Waals surface area contributed by atoms with Gasteiger partial charge in [-0.2, -0.15) is 23.5 Å². The van der Waals surface area contributed by atoms with E-state index < -0.39 is 0 Å². The van der Waals surface area contributed by atoms with Crippen LogP contribution in [0.1, 0.15) is 5.56 Å². The number of anilines is 1. The van der Waals surface area contributed by atoms with Gasteiger partial charge in [0.15, 0.2) is 0 Å². The second-order valence-electron chi connectivity index (χ2n) is 5.31. The van der Waals surface area contributed by atoms with Gasteiger partial charge in [0, 0.05) is 60.4 Å². The Balaban J connectivity index is 1.61. The molecule has 4 nitrogen and oxygen atoms in total. The molecule has 21 heavy (non-hydrogen) atoms. The number of ether oxygens (including phenoxy) is 1. The summed E-state index contributed by atoms with van der Waals surface area (Å²) in [4.78, 5) is 6.95. The van der Waals surface area contributed by atoms with Gasteiger partial charge in [0.25, 0.3) is 0 Å². The van der Waals surface area contributed by atoms with Gasteiger partial charge in [-0.15, -0.1) is 0 Å². The van der Waals surface area contributed by atoms with Crippen molar-refractivity contribution in [2.24, 2.45) is 0 Å². The first-order valence-corrected chi connectivity index (χ1v) is 9.90. The third-order valence-electron chi connectivity index (χ3n) is 3.77. The van der Waals surface area contributed by atoms with E-state index in [1.165, 1.54) is 28.6 Å². The highest BCUT2D eigenvalue weighted by molar-refractivity contribution is 8.03. The first-order valence-electron chi connectivity index (χ1n) is 7.59. The Morgan fingerprint density at radius 2 is 2.00 bits per heavy atom. The highest BCUT2D eigenvalue weighted by atomic mass is 32.2. The standard InChI is InChI=1S/C15H23N3OS2/c1-2-13(10-17-14-11-20-8-9-21-12-14)15(16-3-1)18-4-6-19-7-5-18/h1-3,14,17H,4-12H2. The van der Waals surface area contributed by atoms with Gasteiger partial charge in [0.05, 0.1) is 13.2 Å². The molecule has 0 amide bonds. The number of nitrogens with zero attached hydrogens (tertiary/aromatic N) is 2. The lowest BCUT2D eigenvalue weighted by Gasteiger charge is -2.29. The molecule has 6 heteroatoms. The van der Waals surface area contributed by atoms with Crippen molar-refractivity contribution in [3.8, 4) is 0 Å². The van der Waals surface area contributed by atoms with Crippen molar-refractivity contribution in [3.63, 3.8) is 0 Å². The Morgan fingerprint density at radius 1 is 1.24 bits per heavy atom. The molecule has 2 aliphatic rings. The molecule has 0 saturated carbocycles. The summed E-state index contributed by atoms with van der Waals surface area (Å²) in [5, 5.41) is 3.72. The molecular weight excluding hydrogens is 302 g/mol. The van der Waals surface area contributed by atoms with Gasteiger partial charge in [-0.05, 0) is 6.07 Å². The van der Waals surface area contributed by atoms with E-state index in [0.29, 0.717) is 6.04 Å². The molecule has 3 rings (SSSR count). The maximum absolute atomic E-state index is 5.44. The van der Waals surface area contributed by atoms with Crippen LogP contribution in [0.2, 0.25) is 0 Å². The van der Waals surface area contributed by atoms with E-state index in [-0.39, 0.29) is 0 Å². The number of aromatic nitrogens is 1. The molecule has 0 aromatic carbocycles. The summed E-state index contributed by atoms with van der Waals surface area (Å²) in [7, 11) is 0. The van der Waals surface area contributed by atoms with Crippen molar-refractivity contribution in [2.45, 2.75) is 12.6 Å². The maximum atomic E-state index is 5.44. The molecule has 0 bridgehead atoms. The summed E-state index contributed by atoms with van der Waals surface area (Å²) in [5.74, 6) is 6.14. The van der Waals surface area contributed by atoms with E-state index in [0.717, 1.165) is 38.7 Å². The van der Waals surface area contributed by atoms with Crippen molar-refractivity contribution in [1.29, 1.82) is 0 Å². The van der Waals surface area contributed by atoms with Gasteiger partial charge >= 0.3 is 0 Å². The Morgan fingerprint density at radius 3 is 2.76 bits per heavy atom. The number of nitrogens with one attached hydrogen (secondary N) is 1. The number of hydrogen-bond donors (Lipinski definition) is 1. The monoisotopic (exact) mass is 325 g/mol. The van der Waals surface area contributed by atoms with Crippen LogP contribution in [-0.2, 0) is 11.3 Å². The molecule has 116 valence electrons. The first-order chi connectivity index (χ1) is 10.4. The molecule has 0 atom stereocenters. The van der Waals surface area contributed by atoms with Crippen LogP contribution in [0.5, 0.6) is 0 Å². The van der Waals surface area contributed by atoms with Crippen LogP contribution in [0.3, 0.4) is 0 Å². The highest BCUT2D eigenvalue weighted by Crippen LogP contribution is 2.20. The Hall–Kier alpha value is -0.430. The third-order valence-corrected chi connectivity index (χ3v) is 6.29. The lowest BCUT2D eigenvalue weighted by Crippen LogP contribution is -2.38. The minimum Gasteiger partial charge on any atom is -0.378 e. The molecular formula is C15H23N3OS2. The predicted octanol–water partition coefficient (Wildman–Crippen LogP) is 1.86. The number of pyridine rings is 1. The second kappa shape index (κ2) is 8.27. The van der Waals surface area contributed by atoms with E-state index in [1.54, 1.807) is 0 Å². The number of rotatable bonds is 4. The van der Waals surface area contributed by atoms with Crippen LogP contribution in [0.4, 0.5) is 5.82 Å². The SMILES string of the molecule is c1cnc(N2CCOCC2)c(CNC2CSCCSC2)c1. The summed E-state index contributed by atoms with van der Waals surface area (Å²) in [6.45, 7) is 4.41. The minimum atomic E-state index is 0.611. The van der Waals surface area contributed by atoms with Crippen molar-refractivity contribution in [1.82, 2.24) is 10.3 Å². The van der Waals surface area contributed by atoms with Crippen LogP contribution in [0.15, 0.2) is 18.3 Å². The summed E-state index contributed by atoms with van der Waals surface area (Å²) in [5.41, 5.74) is 1.30. The van der Waals surface area contributed by atoms with Gasteiger partial charge in [-0.3, -0.25) is 0 Å². The second-order valence-corrected chi connectivity index (χ2v) is 7.61. The summed E-state index contributed by atoms with van der Waals surface area (Å²) < 4.78 is 5.44. The fourth-order valence-corrected chi connectivity index (χ4v) is 5.08. The zero-order valence-electron chi connectivity index (χ0n) is 12.3. The van der Waals surface area contributed by atoms with Gasteiger partial charge in [0.1, 0.15) is 5.82 Å². The van der Waals surface area contributed by atoms with Gasteiger partial charge in [-0.25, -0.2) is 4.98 Å². The molecule has 0 spiro atoms. The topological polar surface area (TPSA) is 37.4 Å². The predicted molar refractivity (Wildman–Crippen MR) is 92.5 cm³/mol. The molecule has 0 unspecified atom stereocenters. The van der Waals surface area contributed by atoms with Crippen LogP contribution in [0, 0.1) is 0 Å². The molecule has 2 aliphatic heterocycles. The van der Waals surface area contributed by atoms with E-state index in [2.05, 4.69) is 44.8 Å². The van der Waals surface area contributed by atoms with Crippen molar-refractivity contribution in [3.05, 3.63) is 23.9 Å². The van der Waals surface area contributed by atoms with E-state index in [1.807, 2.05) is 12.3 Å². The zero-order chi connectivity index (χ0) is 14.3. The molecule has 0 radical (unpaired) electrons. The smallest absolute Gasteiger partial charge is 0.133 e. The van der Waals surface area contributed by atoms with Gasteiger partial charge in [0.2, 0.25) is 0 Å². The fraction of sp³-hybridized carbons (Fsp3) is 0.667. The fourth-order valence-electron chi connectivity index (χ4n) is 2.62. The molecule has 1 N–H and O–H groups in total. The largest absolute Gasteiger partial charge is 0.378 e. The Kier molecular flexibility index (Phi) is 6.09. The van der Waals surface area contributed by atoms with E-state index in [9.17, 15) is 0 Å². The maximum Gasteiger partial charge on any atom is 0.133 e. The van der Waals surface area contributed by atoms with Crippen molar-refractivity contribution >= 4 is 29.3 Å². The lowest BCUT2D eigenvalue weighted by atomic mass is 10.2. The number of hydrogen-bond acceptors (Lipinski definition) is 6. The molecule has 1 aromatic rings. The summed E-state index contributed by atoms with van der Waals surface area (Å²) >= 11 is 4.13.